The number of nitrogens with zero attached hydrogens (tertiary/aromatic N) is 1. The summed E-state index contributed by atoms with van der Waals surface area (Å²) in [6, 6.07) is 13.3. The van der Waals surface area contributed by atoms with E-state index in [-0.39, 0.29) is 10.8 Å². The van der Waals surface area contributed by atoms with Gasteiger partial charge in [-0.2, -0.15) is 4.31 Å². The zero-order chi connectivity index (χ0) is 19.3. The highest BCUT2D eigenvalue weighted by Crippen LogP contribution is 2.25. The van der Waals surface area contributed by atoms with Gasteiger partial charge < -0.3 is 10.1 Å². The molecule has 0 spiro atoms. The lowest BCUT2D eigenvalue weighted by Gasteiger charge is -2.15. The van der Waals surface area contributed by atoms with Crippen molar-refractivity contribution in [3.05, 3.63) is 54.1 Å². The molecule has 2 aromatic rings. The van der Waals surface area contributed by atoms with E-state index in [0.717, 1.165) is 19.3 Å². The normalized spacial score (nSPS) is 14.9. The Bertz CT molecular complexity index is 888. The van der Waals surface area contributed by atoms with Crippen LogP contribution in [0.15, 0.2) is 53.4 Å². The molecule has 0 radical (unpaired) electrons. The van der Waals surface area contributed by atoms with Crippen molar-refractivity contribution in [2.75, 3.05) is 25.0 Å². The van der Waals surface area contributed by atoms with Crippen molar-refractivity contribution in [2.24, 2.45) is 0 Å². The number of rotatable bonds is 7. The number of hydrogen-bond donors (Lipinski definition) is 1. The minimum atomic E-state index is -3.48. The number of para-hydroxylation sites is 2. The molecule has 1 saturated heterocycles. The van der Waals surface area contributed by atoms with Gasteiger partial charge in [0.15, 0.2) is 0 Å². The second-order valence-electron chi connectivity index (χ2n) is 6.43. The summed E-state index contributed by atoms with van der Waals surface area (Å²) in [5.41, 5.74) is 0.977. The van der Waals surface area contributed by atoms with Crippen LogP contribution in [0.1, 0.15) is 36.5 Å². The Morgan fingerprint density at radius 1 is 1.07 bits per heavy atom. The predicted octanol–water partition coefficient (Wildman–Crippen LogP) is 3.51. The first kappa shape index (κ1) is 19.4. The third-order valence-electron chi connectivity index (χ3n) is 4.42. The summed E-state index contributed by atoms with van der Waals surface area (Å²) in [5.74, 6) is 0.300. The first-order chi connectivity index (χ1) is 13.0. The lowest BCUT2D eigenvalue weighted by molar-refractivity contribution is 0.102. The first-order valence-corrected chi connectivity index (χ1v) is 10.6. The van der Waals surface area contributed by atoms with E-state index < -0.39 is 10.0 Å². The standard InChI is InChI=1S/C20H24N2O4S/c1-2-15-26-19-8-4-3-7-18(19)21-20(23)16-9-11-17(12-10-16)27(24,25)22-13-5-6-14-22/h3-4,7-12H,2,5-6,13-15H2,1H3,(H,21,23). The largest absolute Gasteiger partial charge is 0.491 e. The molecule has 1 aliphatic heterocycles. The van der Waals surface area contributed by atoms with Gasteiger partial charge in [0.25, 0.3) is 5.91 Å². The molecule has 1 N–H and O–H groups in total. The molecule has 1 heterocycles. The predicted molar refractivity (Wildman–Crippen MR) is 105 cm³/mol. The van der Waals surface area contributed by atoms with Gasteiger partial charge in [-0.3, -0.25) is 4.79 Å². The summed E-state index contributed by atoms with van der Waals surface area (Å²) in [7, 11) is -3.48. The number of benzene rings is 2. The summed E-state index contributed by atoms with van der Waals surface area (Å²) in [6.07, 6.45) is 2.65. The number of carbonyl (C=O) groups is 1. The Labute approximate surface area is 160 Å². The zero-order valence-electron chi connectivity index (χ0n) is 15.3. The number of amides is 1. The van der Waals surface area contributed by atoms with E-state index in [2.05, 4.69) is 5.32 Å². The van der Waals surface area contributed by atoms with Crippen LogP contribution in [-0.4, -0.2) is 38.3 Å². The summed E-state index contributed by atoms with van der Waals surface area (Å²) >= 11 is 0. The van der Waals surface area contributed by atoms with Crippen molar-refractivity contribution < 1.29 is 17.9 Å². The average Bonchev–Trinajstić information content (AvgIpc) is 3.23. The van der Waals surface area contributed by atoms with Crippen LogP contribution >= 0.6 is 0 Å². The molecule has 1 aliphatic rings. The van der Waals surface area contributed by atoms with Crippen LogP contribution in [-0.2, 0) is 10.0 Å². The summed E-state index contributed by atoms with van der Waals surface area (Å²) < 4.78 is 32.3. The van der Waals surface area contributed by atoms with Gasteiger partial charge in [0.1, 0.15) is 5.75 Å². The minimum absolute atomic E-state index is 0.215. The van der Waals surface area contributed by atoms with Crippen LogP contribution < -0.4 is 10.1 Å². The summed E-state index contributed by atoms with van der Waals surface area (Å²) in [6.45, 7) is 3.69. The molecule has 2 aromatic carbocycles. The highest BCUT2D eigenvalue weighted by molar-refractivity contribution is 7.89. The fraction of sp³-hybridized carbons (Fsp3) is 0.350. The molecule has 27 heavy (non-hydrogen) atoms. The SMILES string of the molecule is CCCOc1ccccc1NC(=O)c1ccc(S(=O)(=O)N2CCCC2)cc1. The van der Waals surface area contributed by atoms with Crippen molar-refractivity contribution in [1.82, 2.24) is 4.31 Å². The van der Waals surface area contributed by atoms with Gasteiger partial charge in [-0.05, 0) is 55.7 Å². The number of sulfonamides is 1. The maximum Gasteiger partial charge on any atom is 0.255 e. The number of nitrogens with one attached hydrogen (secondary N) is 1. The molecule has 7 heteroatoms. The van der Waals surface area contributed by atoms with Crippen LogP contribution in [0.5, 0.6) is 5.75 Å². The second-order valence-corrected chi connectivity index (χ2v) is 8.37. The molecule has 6 nitrogen and oxygen atoms in total. The molecule has 3 rings (SSSR count). The molecule has 1 fully saturated rings. The fourth-order valence-corrected chi connectivity index (χ4v) is 4.48. The maximum absolute atomic E-state index is 12.6. The van der Waals surface area contributed by atoms with E-state index in [9.17, 15) is 13.2 Å². The molecule has 144 valence electrons. The van der Waals surface area contributed by atoms with Crippen molar-refractivity contribution in [2.45, 2.75) is 31.1 Å². The molecule has 0 saturated carbocycles. The van der Waals surface area contributed by atoms with Gasteiger partial charge >= 0.3 is 0 Å². The molecule has 1 amide bonds. The monoisotopic (exact) mass is 388 g/mol. The quantitative estimate of drug-likeness (QED) is 0.787. The first-order valence-electron chi connectivity index (χ1n) is 9.16. The third kappa shape index (κ3) is 4.48. The summed E-state index contributed by atoms with van der Waals surface area (Å²) in [5, 5.41) is 2.83. The fourth-order valence-electron chi connectivity index (χ4n) is 2.96. The number of anilines is 1. The Kier molecular flexibility index (Phi) is 6.13. The Morgan fingerprint density at radius 2 is 1.74 bits per heavy atom. The number of hydrogen-bond acceptors (Lipinski definition) is 4. The van der Waals surface area contributed by atoms with E-state index >= 15 is 0 Å². The van der Waals surface area contributed by atoms with E-state index in [4.69, 9.17) is 4.74 Å². The van der Waals surface area contributed by atoms with Crippen LogP contribution in [0.25, 0.3) is 0 Å². The lowest BCUT2D eigenvalue weighted by Crippen LogP contribution is -2.27. The minimum Gasteiger partial charge on any atom is -0.491 e. The molecule has 0 bridgehead atoms. The number of ether oxygens (including phenoxy) is 1. The molecular weight excluding hydrogens is 364 g/mol. The topological polar surface area (TPSA) is 75.7 Å². The van der Waals surface area contributed by atoms with Gasteiger partial charge in [0.05, 0.1) is 17.2 Å². The van der Waals surface area contributed by atoms with Gasteiger partial charge in [-0.25, -0.2) is 8.42 Å². The Hall–Kier alpha value is -2.38. The van der Waals surface area contributed by atoms with Crippen LogP contribution in [0, 0.1) is 0 Å². The van der Waals surface area contributed by atoms with E-state index in [0.29, 0.717) is 36.7 Å². The molecular formula is C20H24N2O4S. The highest BCUT2D eigenvalue weighted by atomic mass is 32.2. The van der Waals surface area contributed by atoms with E-state index in [1.54, 1.807) is 12.1 Å². The Balaban J connectivity index is 1.73. The number of carbonyl (C=O) groups excluding carboxylic acids is 1. The van der Waals surface area contributed by atoms with Gasteiger partial charge in [0.2, 0.25) is 10.0 Å². The van der Waals surface area contributed by atoms with Crippen molar-refractivity contribution in [3.63, 3.8) is 0 Å². The van der Waals surface area contributed by atoms with Crippen LogP contribution in [0.2, 0.25) is 0 Å². The maximum atomic E-state index is 12.6. The van der Waals surface area contributed by atoms with Crippen LogP contribution in [0.3, 0.4) is 0 Å². The second kappa shape index (κ2) is 8.54. The highest BCUT2D eigenvalue weighted by Gasteiger charge is 2.27. The third-order valence-corrected chi connectivity index (χ3v) is 6.33. The van der Waals surface area contributed by atoms with Crippen molar-refractivity contribution >= 4 is 21.6 Å². The van der Waals surface area contributed by atoms with Gasteiger partial charge in [-0.1, -0.05) is 19.1 Å². The molecule has 0 aromatic heterocycles. The zero-order valence-corrected chi connectivity index (χ0v) is 16.2. The molecule has 0 aliphatic carbocycles. The average molecular weight is 388 g/mol. The molecule has 0 unspecified atom stereocenters. The van der Waals surface area contributed by atoms with E-state index in [1.165, 1.54) is 28.6 Å². The molecule has 0 atom stereocenters. The smallest absolute Gasteiger partial charge is 0.255 e. The van der Waals surface area contributed by atoms with Crippen LogP contribution in [0.4, 0.5) is 5.69 Å². The van der Waals surface area contributed by atoms with Crippen molar-refractivity contribution in [1.29, 1.82) is 0 Å². The van der Waals surface area contributed by atoms with Gasteiger partial charge in [-0.15, -0.1) is 0 Å². The Morgan fingerprint density at radius 3 is 2.41 bits per heavy atom. The summed E-state index contributed by atoms with van der Waals surface area (Å²) in [4.78, 5) is 12.7. The van der Waals surface area contributed by atoms with E-state index in [1.807, 2.05) is 19.1 Å². The lowest BCUT2D eigenvalue weighted by atomic mass is 10.2. The van der Waals surface area contributed by atoms with Crippen molar-refractivity contribution in [3.8, 4) is 5.75 Å². The van der Waals surface area contributed by atoms with Gasteiger partial charge in [0, 0.05) is 18.7 Å².